The smallest absolute Gasteiger partial charge is 0.223 e. The van der Waals surface area contributed by atoms with Crippen molar-refractivity contribution < 1.29 is 18.7 Å². The summed E-state index contributed by atoms with van der Waals surface area (Å²) in [5.41, 5.74) is 0.243. The summed E-state index contributed by atoms with van der Waals surface area (Å²) >= 11 is 0. The second-order valence-corrected chi connectivity index (χ2v) is 5.72. The Morgan fingerprint density at radius 3 is 2.86 bits per heavy atom. The highest BCUT2D eigenvalue weighted by molar-refractivity contribution is 5.76. The molecule has 0 saturated carbocycles. The van der Waals surface area contributed by atoms with Gasteiger partial charge in [-0.3, -0.25) is 9.69 Å². The molecule has 0 unspecified atom stereocenters. The number of carbonyl (C=O) groups excluding carboxylic acids is 1. The maximum Gasteiger partial charge on any atom is 0.223 e. The van der Waals surface area contributed by atoms with Gasteiger partial charge in [-0.1, -0.05) is 0 Å². The Balaban J connectivity index is 2.09. The van der Waals surface area contributed by atoms with Crippen LogP contribution < -0.4 is 0 Å². The van der Waals surface area contributed by atoms with E-state index in [9.17, 15) is 18.7 Å². The third-order valence-electron chi connectivity index (χ3n) is 4.21. The van der Waals surface area contributed by atoms with Gasteiger partial charge in [-0.05, 0) is 31.5 Å². The molecule has 0 spiro atoms. The Bertz CT molecular complexity index is 539. The zero-order chi connectivity index (χ0) is 16.3. The van der Waals surface area contributed by atoms with Crippen LogP contribution in [0.4, 0.5) is 8.78 Å². The van der Waals surface area contributed by atoms with E-state index in [-0.39, 0.29) is 11.5 Å². The molecule has 1 aliphatic rings. The first-order valence-corrected chi connectivity index (χ1v) is 7.53. The van der Waals surface area contributed by atoms with Gasteiger partial charge in [0, 0.05) is 44.7 Å². The Morgan fingerprint density at radius 1 is 1.45 bits per heavy atom. The van der Waals surface area contributed by atoms with Crippen LogP contribution >= 0.6 is 0 Å². The highest BCUT2D eigenvalue weighted by Crippen LogP contribution is 2.34. The van der Waals surface area contributed by atoms with Crippen LogP contribution in [0.15, 0.2) is 18.2 Å². The van der Waals surface area contributed by atoms with E-state index in [1.807, 2.05) is 11.8 Å². The molecule has 0 bridgehead atoms. The number of carbonyl (C=O) groups is 1. The number of amides is 1. The van der Waals surface area contributed by atoms with Crippen LogP contribution in [0.3, 0.4) is 0 Å². The van der Waals surface area contributed by atoms with Crippen molar-refractivity contribution in [2.75, 3.05) is 26.7 Å². The number of aliphatic hydroxyl groups is 1. The summed E-state index contributed by atoms with van der Waals surface area (Å²) < 4.78 is 27.3. The van der Waals surface area contributed by atoms with Gasteiger partial charge < -0.3 is 10.0 Å². The van der Waals surface area contributed by atoms with Crippen molar-refractivity contribution in [3.8, 4) is 0 Å². The average molecular weight is 312 g/mol. The molecule has 1 aliphatic heterocycles. The van der Waals surface area contributed by atoms with Crippen LogP contribution in [0.2, 0.25) is 0 Å². The van der Waals surface area contributed by atoms with Gasteiger partial charge in [0.1, 0.15) is 11.6 Å². The lowest BCUT2D eigenvalue weighted by Crippen LogP contribution is -2.32. The van der Waals surface area contributed by atoms with E-state index in [2.05, 4.69) is 0 Å². The molecule has 22 heavy (non-hydrogen) atoms. The van der Waals surface area contributed by atoms with Crippen LogP contribution in [-0.4, -0.2) is 53.6 Å². The van der Waals surface area contributed by atoms with E-state index in [1.54, 1.807) is 11.9 Å². The van der Waals surface area contributed by atoms with Gasteiger partial charge in [0.25, 0.3) is 0 Å². The van der Waals surface area contributed by atoms with Gasteiger partial charge in [0.15, 0.2) is 0 Å². The number of aliphatic hydroxyl groups excluding tert-OH is 1. The van der Waals surface area contributed by atoms with E-state index in [0.29, 0.717) is 32.5 Å². The van der Waals surface area contributed by atoms with E-state index < -0.39 is 23.8 Å². The Kier molecular flexibility index (Phi) is 5.47. The number of benzene rings is 1. The van der Waals surface area contributed by atoms with Gasteiger partial charge in [0.05, 0.1) is 6.10 Å². The quantitative estimate of drug-likeness (QED) is 0.904. The molecule has 1 N–H and O–H groups in total. The third kappa shape index (κ3) is 3.81. The molecule has 122 valence electrons. The fourth-order valence-electron chi connectivity index (χ4n) is 2.83. The number of hydrogen-bond donors (Lipinski definition) is 1. The van der Waals surface area contributed by atoms with Gasteiger partial charge in [-0.2, -0.15) is 0 Å². The molecule has 0 radical (unpaired) electrons. The number of halogens is 2. The molecule has 0 aliphatic carbocycles. The first-order chi connectivity index (χ1) is 10.4. The minimum Gasteiger partial charge on any atom is -0.392 e. The molecule has 1 aromatic carbocycles. The fraction of sp³-hybridized carbons (Fsp3) is 0.562. The number of rotatable bonds is 5. The molecule has 0 aromatic heterocycles. The summed E-state index contributed by atoms with van der Waals surface area (Å²) in [5, 5.41) is 9.86. The molecule has 1 heterocycles. The Labute approximate surface area is 129 Å². The average Bonchev–Trinajstić information content (AvgIpc) is 2.87. The first kappa shape index (κ1) is 16.8. The molecule has 1 aromatic rings. The van der Waals surface area contributed by atoms with Gasteiger partial charge in [-0.25, -0.2) is 8.78 Å². The molecule has 6 heteroatoms. The highest BCUT2D eigenvalue weighted by Gasteiger charge is 2.33. The normalized spacial score (nSPS) is 22.0. The van der Waals surface area contributed by atoms with Crippen LogP contribution in [0.5, 0.6) is 0 Å². The SMILES string of the molecule is CCN(C)C(=O)CCN1C[C@H](O)C[C@H]1c1cc(F)ccc1F. The Hall–Kier alpha value is -1.53. The highest BCUT2D eigenvalue weighted by atomic mass is 19.1. The minimum absolute atomic E-state index is 0.00218. The summed E-state index contributed by atoms with van der Waals surface area (Å²) in [5.74, 6) is -0.982. The molecule has 2 rings (SSSR count). The van der Waals surface area contributed by atoms with E-state index >= 15 is 0 Å². The summed E-state index contributed by atoms with van der Waals surface area (Å²) in [6.45, 7) is 3.30. The fourth-order valence-corrected chi connectivity index (χ4v) is 2.83. The summed E-state index contributed by atoms with van der Waals surface area (Å²) in [6, 6.07) is 2.95. The van der Waals surface area contributed by atoms with E-state index in [4.69, 9.17) is 0 Å². The number of nitrogens with zero attached hydrogens (tertiary/aromatic N) is 2. The molecule has 2 atom stereocenters. The molecule has 1 amide bonds. The van der Waals surface area contributed by atoms with Crippen LogP contribution in [0, 0.1) is 11.6 Å². The maximum absolute atomic E-state index is 14.0. The van der Waals surface area contributed by atoms with Crippen LogP contribution in [0.25, 0.3) is 0 Å². The van der Waals surface area contributed by atoms with Gasteiger partial charge in [-0.15, -0.1) is 0 Å². The molecular weight excluding hydrogens is 290 g/mol. The summed E-state index contributed by atoms with van der Waals surface area (Å²) in [7, 11) is 1.73. The number of β-amino-alcohol motifs (C(OH)–C–C–N with tert-alkyl or cyclic N) is 1. The lowest BCUT2D eigenvalue weighted by Gasteiger charge is -2.25. The molecule has 1 saturated heterocycles. The second-order valence-electron chi connectivity index (χ2n) is 5.72. The van der Waals surface area contributed by atoms with Crippen molar-refractivity contribution in [2.45, 2.75) is 31.9 Å². The minimum atomic E-state index is -0.591. The van der Waals surface area contributed by atoms with Crippen molar-refractivity contribution >= 4 is 5.91 Å². The van der Waals surface area contributed by atoms with Crippen molar-refractivity contribution in [2.24, 2.45) is 0 Å². The topological polar surface area (TPSA) is 43.8 Å². The molecule has 1 fully saturated rings. The largest absolute Gasteiger partial charge is 0.392 e. The molecule has 4 nitrogen and oxygen atoms in total. The number of hydrogen-bond acceptors (Lipinski definition) is 3. The van der Waals surface area contributed by atoms with Crippen LogP contribution in [-0.2, 0) is 4.79 Å². The lowest BCUT2D eigenvalue weighted by atomic mass is 10.0. The predicted octanol–water partition coefficient (Wildman–Crippen LogP) is 1.94. The zero-order valence-corrected chi connectivity index (χ0v) is 12.9. The van der Waals surface area contributed by atoms with Gasteiger partial charge >= 0.3 is 0 Å². The second kappa shape index (κ2) is 7.15. The van der Waals surface area contributed by atoms with E-state index in [1.165, 1.54) is 6.07 Å². The predicted molar refractivity (Wildman–Crippen MR) is 79.2 cm³/mol. The van der Waals surface area contributed by atoms with Gasteiger partial charge in [0.2, 0.25) is 5.91 Å². The van der Waals surface area contributed by atoms with E-state index in [0.717, 1.165) is 12.1 Å². The van der Waals surface area contributed by atoms with Crippen LogP contribution in [0.1, 0.15) is 31.4 Å². The maximum atomic E-state index is 14.0. The summed E-state index contributed by atoms with van der Waals surface area (Å²) in [4.78, 5) is 15.3. The monoisotopic (exact) mass is 312 g/mol. The summed E-state index contributed by atoms with van der Waals surface area (Å²) in [6.07, 6.45) is 0.0505. The third-order valence-corrected chi connectivity index (χ3v) is 4.21. The van der Waals surface area contributed by atoms with Crippen molar-refractivity contribution in [1.29, 1.82) is 0 Å². The van der Waals surface area contributed by atoms with Crippen molar-refractivity contribution in [3.63, 3.8) is 0 Å². The Morgan fingerprint density at radius 2 is 2.18 bits per heavy atom. The zero-order valence-electron chi connectivity index (χ0n) is 12.9. The van der Waals surface area contributed by atoms with Crippen molar-refractivity contribution in [3.05, 3.63) is 35.4 Å². The first-order valence-electron chi connectivity index (χ1n) is 7.53. The molecular formula is C16H22F2N2O2. The number of likely N-dealkylation sites (tertiary alicyclic amines) is 1. The van der Waals surface area contributed by atoms with Crippen molar-refractivity contribution in [1.82, 2.24) is 9.80 Å². The standard InChI is InChI=1S/C16H22F2N2O2/c1-3-19(2)16(22)6-7-20-10-12(21)9-15(20)13-8-11(17)4-5-14(13)18/h4-5,8,12,15,21H,3,6-7,9-10H2,1-2H3/t12-,15+/m1/s1. The lowest BCUT2D eigenvalue weighted by molar-refractivity contribution is -0.130.